The molecule has 128 valence electrons. The van der Waals surface area contributed by atoms with E-state index in [1.165, 1.54) is 5.56 Å². The minimum atomic E-state index is 0.679. The Morgan fingerprint density at radius 3 is 2.54 bits per heavy atom. The Kier molecular flexibility index (Phi) is 4.67. The summed E-state index contributed by atoms with van der Waals surface area (Å²) in [5.41, 5.74) is 4.02. The summed E-state index contributed by atoms with van der Waals surface area (Å²) in [6.45, 7) is 0.761. The molecule has 0 atom stereocenters. The molecule has 26 heavy (non-hydrogen) atoms. The van der Waals surface area contributed by atoms with Crippen molar-refractivity contribution in [2.24, 2.45) is 0 Å². The van der Waals surface area contributed by atoms with Crippen LogP contribution in [0, 0.1) is 0 Å². The zero-order chi connectivity index (χ0) is 17.8. The van der Waals surface area contributed by atoms with E-state index in [4.69, 9.17) is 11.6 Å². The van der Waals surface area contributed by atoms with Crippen molar-refractivity contribution < 1.29 is 0 Å². The van der Waals surface area contributed by atoms with Gasteiger partial charge in [0.15, 0.2) is 0 Å². The summed E-state index contributed by atoms with van der Waals surface area (Å²) >= 11 is 6.07. The zero-order valence-corrected chi connectivity index (χ0v) is 14.7. The smallest absolute Gasteiger partial charge is 0.141 e. The molecule has 4 rings (SSSR count). The first kappa shape index (κ1) is 16.4. The highest BCUT2D eigenvalue weighted by atomic mass is 35.5. The quantitative estimate of drug-likeness (QED) is 0.483. The Hall–Kier alpha value is -3.11. The van der Waals surface area contributed by atoms with Gasteiger partial charge in [0.25, 0.3) is 0 Å². The van der Waals surface area contributed by atoms with E-state index in [9.17, 15) is 0 Å². The summed E-state index contributed by atoms with van der Waals surface area (Å²) in [6.07, 6.45) is 1.56. The van der Waals surface area contributed by atoms with Crippen LogP contribution in [-0.4, -0.2) is 9.97 Å². The molecule has 0 aliphatic heterocycles. The summed E-state index contributed by atoms with van der Waals surface area (Å²) in [7, 11) is 0. The molecule has 0 saturated heterocycles. The van der Waals surface area contributed by atoms with Crippen molar-refractivity contribution in [1.82, 2.24) is 9.97 Å². The van der Waals surface area contributed by atoms with Gasteiger partial charge in [-0.05, 0) is 42.0 Å². The van der Waals surface area contributed by atoms with Gasteiger partial charge in [0, 0.05) is 28.3 Å². The summed E-state index contributed by atoms with van der Waals surface area (Å²) in [5.74, 6) is 0.751. The minimum absolute atomic E-state index is 0.679. The maximum atomic E-state index is 6.07. The lowest BCUT2D eigenvalue weighted by Gasteiger charge is -2.11. The fourth-order valence-electron chi connectivity index (χ4n) is 2.77. The van der Waals surface area contributed by atoms with Crippen LogP contribution in [0.2, 0.25) is 5.02 Å². The molecule has 0 unspecified atom stereocenters. The normalized spacial score (nSPS) is 10.7. The van der Waals surface area contributed by atoms with Crippen LogP contribution < -0.4 is 10.6 Å². The van der Waals surface area contributed by atoms with Crippen molar-refractivity contribution in [3.8, 4) is 0 Å². The second kappa shape index (κ2) is 7.42. The molecule has 0 bridgehead atoms. The molecular weight excluding hydrogens is 344 g/mol. The Morgan fingerprint density at radius 1 is 0.808 bits per heavy atom. The van der Waals surface area contributed by atoms with Crippen molar-refractivity contribution in [2.45, 2.75) is 6.54 Å². The molecule has 5 heteroatoms. The van der Waals surface area contributed by atoms with Crippen molar-refractivity contribution in [3.63, 3.8) is 0 Å². The maximum Gasteiger partial charge on any atom is 0.141 e. The third-order valence-corrected chi connectivity index (χ3v) is 4.30. The average Bonchev–Trinajstić information content (AvgIpc) is 2.67. The number of aromatic nitrogens is 2. The number of halogens is 1. The monoisotopic (exact) mass is 360 g/mol. The van der Waals surface area contributed by atoms with Gasteiger partial charge >= 0.3 is 0 Å². The topological polar surface area (TPSA) is 49.8 Å². The molecule has 0 aliphatic carbocycles. The Bertz CT molecular complexity index is 1030. The average molecular weight is 361 g/mol. The van der Waals surface area contributed by atoms with Crippen molar-refractivity contribution in [3.05, 3.63) is 89.7 Å². The van der Waals surface area contributed by atoms with Gasteiger partial charge < -0.3 is 10.6 Å². The lowest BCUT2D eigenvalue weighted by molar-refractivity contribution is 1.15. The number of rotatable bonds is 5. The highest BCUT2D eigenvalue weighted by molar-refractivity contribution is 6.30. The zero-order valence-electron chi connectivity index (χ0n) is 14.0. The van der Waals surface area contributed by atoms with Crippen molar-refractivity contribution in [1.29, 1.82) is 0 Å². The van der Waals surface area contributed by atoms with Gasteiger partial charge in [-0.1, -0.05) is 48.0 Å². The van der Waals surface area contributed by atoms with E-state index in [1.807, 2.05) is 54.6 Å². The third-order valence-electron chi connectivity index (χ3n) is 4.06. The van der Waals surface area contributed by atoms with Crippen LogP contribution in [0.1, 0.15) is 5.56 Å². The second-order valence-corrected chi connectivity index (χ2v) is 6.37. The number of hydrogen-bond acceptors (Lipinski definition) is 4. The van der Waals surface area contributed by atoms with Gasteiger partial charge in [-0.3, -0.25) is 0 Å². The Labute approximate surface area is 156 Å². The first-order valence-electron chi connectivity index (χ1n) is 8.33. The van der Waals surface area contributed by atoms with E-state index in [0.717, 1.165) is 34.6 Å². The van der Waals surface area contributed by atoms with E-state index in [0.29, 0.717) is 5.02 Å². The molecule has 1 heterocycles. The van der Waals surface area contributed by atoms with Gasteiger partial charge in [-0.2, -0.15) is 0 Å². The highest BCUT2D eigenvalue weighted by Gasteiger charge is 2.06. The predicted octanol–water partition coefficient (Wildman–Crippen LogP) is 5.64. The molecule has 3 aromatic carbocycles. The van der Waals surface area contributed by atoms with E-state index < -0.39 is 0 Å². The second-order valence-electron chi connectivity index (χ2n) is 5.93. The molecule has 4 aromatic rings. The van der Waals surface area contributed by atoms with Gasteiger partial charge in [-0.15, -0.1) is 0 Å². The third kappa shape index (κ3) is 3.76. The number of hydrogen-bond donors (Lipinski definition) is 2. The van der Waals surface area contributed by atoms with E-state index >= 15 is 0 Å². The number of fused-ring (bicyclic) bond motifs is 1. The van der Waals surface area contributed by atoms with Crippen LogP contribution in [0.3, 0.4) is 0 Å². The first-order chi connectivity index (χ1) is 12.8. The van der Waals surface area contributed by atoms with Gasteiger partial charge in [0.1, 0.15) is 12.1 Å². The summed E-state index contributed by atoms with van der Waals surface area (Å²) < 4.78 is 0. The Balaban J connectivity index is 1.61. The summed E-state index contributed by atoms with van der Waals surface area (Å²) in [5, 5.41) is 8.40. The lowest BCUT2D eigenvalue weighted by atomic mass is 10.2. The van der Waals surface area contributed by atoms with Crippen LogP contribution in [0.4, 0.5) is 17.2 Å². The number of benzene rings is 3. The van der Waals surface area contributed by atoms with Crippen molar-refractivity contribution in [2.75, 3.05) is 10.6 Å². The maximum absolute atomic E-state index is 6.07. The highest BCUT2D eigenvalue weighted by Crippen LogP contribution is 2.27. The summed E-state index contributed by atoms with van der Waals surface area (Å²) in [4.78, 5) is 8.75. The number of nitrogens with zero attached hydrogens (tertiary/aromatic N) is 2. The van der Waals surface area contributed by atoms with Crippen LogP contribution in [0.5, 0.6) is 0 Å². The van der Waals surface area contributed by atoms with E-state index in [1.54, 1.807) is 6.33 Å². The fourth-order valence-corrected chi connectivity index (χ4v) is 2.96. The van der Waals surface area contributed by atoms with Gasteiger partial charge in [0.2, 0.25) is 0 Å². The molecule has 0 amide bonds. The molecular formula is C21H17ClN4. The summed E-state index contributed by atoms with van der Waals surface area (Å²) in [6, 6.07) is 24.0. The molecule has 1 aromatic heterocycles. The van der Waals surface area contributed by atoms with E-state index in [2.05, 4.69) is 38.8 Å². The molecule has 0 fully saturated rings. The fraction of sp³-hybridized carbons (Fsp3) is 0.0476. The molecule has 4 nitrogen and oxygen atoms in total. The Morgan fingerprint density at radius 2 is 1.69 bits per heavy atom. The first-order valence-corrected chi connectivity index (χ1v) is 8.71. The van der Waals surface area contributed by atoms with Crippen LogP contribution in [0.25, 0.3) is 10.9 Å². The SMILES string of the molecule is Clc1cccc(Nc2ncnc3ccc(NCc4ccccc4)cc23)c1. The minimum Gasteiger partial charge on any atom is -0.381 e. The largest absolute Gasteiger partial charge is 0.381 e. The van der Waals surface area contributed by atoms with Gasteiger partial charge in [-0.25, -0.2) is 9.97 Å². The number of anilines is 3. The standard InChI is InChI=1S/C21H17ClN4/c22-16-7-4-8-18(11-16)26-21-19-12-17(9-10-20(19)24-14-25-21)23-13-15-5-2-1-3-6-15/h1-12,14,23H,13H2,(H,24,25,26). The van der Waals surface area contributed by atoms with Crippen molar-refractivity contribution >= 4 is 39.7 Å². The molecule has 0 radical (unpaired) electrons. The molecule has 2 N–H and O–H groups in total. The van der Waals surface area contributed by atoms with Crippen LogP contribution in [0.15, 0.2) is 79.1 Å². The number of nitrogens with one attached hydrogen (secondary N) is 2. The lowest BCUT2D eigenvalue weighted by Crippen LogP contribution is -2.00. The molecule has 0 spiro atoms. The van der Waals surface area contributed by atoms with E-state index in [-0.39, 0.29) is 0 Å². The van der Waals surface area contributed by atoms with Gasteiger partial charge in [0.05, 0.1) is 5.52 Å². The molecule has 0 saturated carbocycles. The van der Waals surface area contributed by atoms with Crippen LogP contribution >= 0.6 is 11.6 Å². The molecule has 0 aliphatic rings. The van der Waals surface area contributed by atoms with Crippen LogP contribution in [-0.2, 0) is 6.54 Å². The predicted molar refractivity (Wildman–Crippen MR) is 108 cm³/mol.